The van der Waals surface area contributed by atoms with Crippen molar-refractivity contribution in [2.45, 2.75) is 63.7 Å². The highest BCUT2D eigenvalue weighted by molar-refractivity contribution is 5.89. The molecule has 2 saturated heterocycles. The van der Waals surface area contributed by atoms with E-state index in [0.29, 0.717) is 12.1 Å². The summed E-state index contributed by atoms with van der Waals surface area (Å²) in [5.41, 5.74) is 3.15. The lowest BCUT2D eigenvalue weighted by Gasteiger charge is -2.46. The number of amides is 2. The number of carbonyl (C=O) groups is 1. The van der Waals surface area contributed by atoms with Gasteiger partial charge in [-0.2, -0.15) is 0 Å². The van der Waals surface area contributed by atoms with Crippen molar-refractivity contribution in [2.75, 3.05) is 5.32 Å². The second kappa shape index (κ2) is 8.31. The number of nitrogens with one attached hydrogen (secondary N) is 3. The van der Waals surface area contributed by atoms with Crippen LogP contribution in [-0.4, -0.2) is 24.2 Å². The number of hydrogen-bond donors (Lipinski definition) is 3. The summed E-state index contributed by atoms with van der Waals surface area (Å²) in [6, 6.07) is 16.0. The van der Waals surface area contributed by atoms with Gasteiger partial charge in [-0.05, 0) is 56.0 Å². The molecule has 2 bridgehead atoms. The summed E-state index contributed by atoms with van der Waals surface area (Å²) >= 11 is 0. The Morgan fingerprint density at radius 1 is 1.11 bits per heavy atom. The Kier molecular flexibility index (Phi) is 5.62. The molecule has 2 aromatic rings. The van der Waals surface area contributed by atoms with Gasteiger partial charge in [-0.25, -0.2) is 9.18 Å². The summed E-state index contributed by atoms with van der Waals surface area (Å²) in [4.78, 5) is 14.1. The summed E-state index contributed by atoms with van der Waals surface area (Å²) in [6.07, 6.45) is 5.68. The van der Waals surface area contributed by atoms with Crippen LogP contribution in [0.3, 0.4) is 0 Å². The molecule has 0 spiro atoms. The average Bonchev–Trinajstić information content (AvgIpc) is 2.64. The number of rotatable bonds is 4. The molecule has 148 valence electrons. The number of benzene rings is 2. The van der Waals surface area contributed by atoms with Crippen LogP contribution in [0.1, 0.15) is 43.2 Å². The van der Waals surface area contributed by atoms with Gasteiger partial charge >= 0.3 is 6.03 Å². The van der Waals surface area contributed by atoms with Gasteiger partial charge in [0.1, 0.15) is 12.4 Å². The molecule has 0 saturated carbocycles. The van der Waals surface area contributed by atoms with Crippen LogP contribution in [0.2, 0.25) is 0 Å². The highest BCUT2D eigenvalue weighted by Gasteiger charge is 2.42. The molecule has 4 nitrogen and oxygen atoms in total. The van der Waals surface area contributed by atoms with E-state index < -0.39 is 0 Å². The standard InChI is InChI=1S/C23H28FN3O/c1-16-4-2-5-19(12-16)25-23(28)26-20-13-21-6-3-7-22(14-20)27(21)15-17-8-10-18(24)11-9-17/h2,4-5,8-12,20-22H,3,6-7,13-15H2,1H3,(H2,25,26,28)/p+1/t20?,21-,22+. The van der Waals surface area contributed by atoms with Gasteiger partial charge in [0.2, 0.25) is 0 Å². The minimum atomic E-state index is -0.179. The van der Waals surface area contributed by atoms with Crippen LogP contribution in [0.5, 0.6) is 0 Å². The van der Waals surface area contributed by atoms with Crippen molar-refractivity contribution in [1.29, 1.82) is 0 Å². The van der Waals surface area contributed by atoms with E-state index >= 15 is 0 Å². The van der Waals surface area contributed by atoms with Crippen LogP contribution in [-0.2, 0) is 6.54 Å². The zero-order chi connectivity index (χ0) is 19.5. The molecule has 2 heterocycles. The first-order valence-corrected chi connectivity index (χ1v) is 10.3. The Labute approximate surface area is 166 Å². The smallest absolute Gasteiger partial charge is 0.319 e. The molecule has 2 amide bonds. The summed E-state index contributed by atoms with van der Waals surface area (Å²) in [7, 11) is 0. The third-order valence-electron chi connectivity index (χ3n) is 6.22. The second-order valence-electron chi connectivity index (χ2n) is 8.34. The molecular weight excluding hydrogens is 353 g/mol. The maximum atomic E-state index is 13.2. The fourth-order valence-electron chi connectivity index (χ4n) is 4.96. The van der Waals surface area contributed by atoms with E-state index in [1.165, 1.54) is 24.8 Å². The largest absolute Gasteiger partial charge is 0.335 e. The first-order valence-electron chi connectivity index (χ1n) is 10.3. The van der Waals surface area contributed by atoms with Crippen LogP contribution in [0.4, 0.5) is 14.9 Å². The van der Waals surface area contributed by atoms with Crippen molar-refractivity contribution >= 4 is 11.7 Å². The summed E-state index contributed by atoms with van der Waals surface area (Å²) in [5, 5.41) is 6.15. The normalized spacial score (nSPS) is 26.5. The van der Waals surface area contributed by atoms with Crippen molar-refractivity contribution in [2.24, 2.45) is 0 Å². The van der Waals surface area contributed by atoms with E-state index in [-0.39, 0.29) is 17.9 Å². The highest BCUT2D eigenvalue weighted by atomic mass is 19.1. The van der Waals surface area contributed by atoms with Gasteiger partial charge in [0.25, 0.3) is 0 Å². The van der Waals surface area contributed by atoms with E-state index in [9.17, 15) is 9.18 Å². The van der Waals surface area contributed by atoms with Gasteiger partial charge in [-0.1, -0.05) is 24.3 Å². The van der Waals surface area contributed by atoms with Gasteiger partial charge in [0.05, 0.1) is 12.1 Å². The zero-order valence-corrected chi connectivity index (χ0v) is 16.4. The van der Waals surface area contributed by atoms with Crippen LogP contribution < -0.4 is 15.5 Å². The quantitative estimate of drug-likeness (QED) is 0.745. The maximum absolute atomic E-state index is 13.2. The number of carbonyl (C=O) groups excluding carboxylic acids is 1. The van der Waals surface area contributed by atoms with Gasteiger partial charge < -0.3 is 15.5 Å². The lowest BCUT2D eigenvalue weighted by molar-refractivity contribution is -0.973. The molecule has 2 fully saturated rings. The first kappa shape index (κ1) is 18.9. The maximum Gasteiger partial charge on any atom is 0.319 e. The second-order valence-corrected chi connectivity index (χ2v) is 8.34. The number of halogens is 1. The molecule has 2 aliphatic rings. The van der Waals surface area contributed by atoms with Gasteiger partial charge in [0, 0.05) is 30.1 Å². The van der Waals surface area contributed by atoms with Gasteiger partial charge in [-0.3, -0.25) is 0 Å². The fourth-order valence-corrected chi connectivity index (χ4v) is 4.96. The van der Waals surface area contributed by atoms with Crippen molar-refractivity contribution in [3.05, 3.63) is 65.5 Å². The van der Waals surface area contributed by atoms with Crippen LogP contribution >= 0.6 is 0 Å². The number of anilines is 1. The van der Waals surface area contributed by atoms with Crippen LogP contribution in [0.15, 0.2) is 48.5 Å². The monoisotopic (exact) mass is 382 g/mol. The molecule has 0 aliphatic carbocycles. The van der Waals surface area contributed by atoms with E-state index in [4.69, 9.17) is 0 Å². The average molecular weight is 383 g/mol. The van der Waals surface area contributed by atoms with E-state index in [1.54, 1.807) is 17.0 Å². The van der Waals surface area contributed by atoms with E-state index in [2.05, 4.69) is 10.6 Å². The molecule has 4 rings (SSSR count). The summed E-state index contributed by atoms with van der Waals surface area (Å²) in [6.45, 7) is 2.96. The molecule has 3 N–H and O–H groups in total. The topological polar surface area (TPSA) is 45.6 Å². The SMILES string of the molecule is Cc1cccc(NC(=O)NC2C[C@H]3CCC[C@@H](C2)[NH+]3Cc2ccc(F)cc2)c1. The number of hydrogen-bond acceptors (Lipinski definition) is 1. The van der Waals surface area contributed by atoms with Crippen molar-refractivity contribution < 1.29 is 14.1 Å². The first-order chi connectivity index (χ1) is 13.6. The fraction of sp³-hybridized carbons (Fsp3) is 0.435. The number of fused-ring (bicyclic) bond motifs is 2. The molecule has 0 radical (unpaired) electrons. The van der Waals surface area contributed by atoms with Crippen molar-refractivity contribution in [1.82, 2.24) is 5.32 Å². The number of aryl methyl sites for hydroxylation is 1. The Morgan fingerprint density at radius 2 is 1.82 bits per heavy atom. The summed E-state index contributed by atoms with van der Waals surface area (Å²) < 4.78 is 13.2. The van der Waals surface area contributed by atoms with Crippen LogP contribution in [0, 0.1) is 12.7 Å². The Balaban J connectivity index is 1.36. The number of quaternary nitrogens is 1. The molecule has 0 aromatic heterocycles. The minimum absolute atomic E-state index is 0.115. The molecular formula is C23H29FN3O+. The third kappa shape index (κ3) is 4.53. The molecule has 28 heavy (non-hydrogen) atoms. The molecule has 5 heteroatoms. The summed E-state index contributed by atoms with van der Waals surface area (Å²) in [5.74, 6) is -0.179. The number of urea groups is 1. The van der Waals surface area contributed by atoms with E-state index in [0.717, 1.165) is 30.6 Å². The lowest BCUT2D eigenvalue weighted by Crippen LogP contribution is -3.20. The zero-order valence-electron chi connectivity index (χ0n) is 16.4. The predicted molar refractivity (Wildman–Crippen MR) is 109 cm³/mol. The Hall–Kier alpha value is -2.40. The molecule has 2 aromatic carbocycles. The van der Waals surface area contributed by atoms with Gasteiger partial charge in [-0.15, -0.1) is 0 Å². The van der Waals surface area contributed by atoms with Crippen molar-refractivity contribution in [3.8, 4) is 0 Å². The van der Waals surface area contributed by atoms with Crippen LogP contribution in [0.25, 0.3) is 0 Å². The molecule has 2 aliphatic heterocycles. The molecule has 4 atom stereocenters. The lowest BCUT2D eigenvalue weighted by atomic mass is 9.81. The Morgan fingerprint density at radius 3 is 2.50 bits per heavy atom. The van der Waals surface area contributed by atoms with Crippen molar-refractivity contribution in [3.63, 3.8) is 0 Å². The minimum Gasteiger partial charge on any atom is -0.335 e. The predicted octanol–water partition coefficient (Wildman–Crippen LogP) is 3.42. The number of piperidine rings is 2. The molecule has 2 unspecified atom stereocenters. The van der Waals surface area contributed by atoms with E-state index in [1.807, 2.05) is 43.3 Å². The Bertz CT molecular complexity index is 809. The highest BCUT2D eigenvalue weighted by Crippen LogP contribution is 2.23. The third-order valence-corrected chi connectivity index (χ3v) is 6.22. The van der Waals surface area contributed by atoms with Gasteiger partial charge in [0.15, 0.2) is 0 Å².